The number of halogens is 3. The molecule has 176 valence electrons. The summed E-state index contributed by atoms with van der Waals surface area (Å²) in [6, 6.07) is 14.7. The number of hydrogen-bond donors (Lipinski definition) is 2. The minimum atomic E-state index is -1.27. The molecule has 3 aromatic rings. The molecule has 0 aliphatic carbocycles. The monoisotopic (exact) mass is 488 g/mol. The number of carboxylic acids is 1. The van der Waals surface area contributed by atoms with E-state index < -0.39 is 42.6 Å². The molecule has 0 atom stereocenters. The van der Waals surface area contributed by atoms with Crippen LogP contribution in [0.15, 0.2) is 66.7 Å². The Bertz CT molecular complexity index is 1190. The van der Waals surface area contributed by atoms with Crippen LogP contribution in [0.2, 0.25) is 5.02 Å². The van der Waals surface area contributed by atoms with Crippen molar-refractivity contribution in [3.05, 3.63) is 94.5 Å². The van der Waals surface area contributed by atoms with E-state index in [4.69, 9.17) is 16.3 Å². The summed E-state index contributed by atoms with van der Waals surface area (Å²) in [5.41, 5.74) is 0.844. The predicted molar refractivity (Wildman–Crippen MR) is 122 cm³/mol. The summed E-state index contributed by atoms with van der Waals surface area (Å²) in [5.74, 6) is -3.38. The van der Waals surface area contributed by atoms with Gasteiger partial charge in [0, 0.05) is 10.7 Å². The number of hydrogen-bond acceptors (Lipinski definition) is 4. The van der Waals surface area contributed by atoms with Crippen molar-refractivity contribution in [3.63, 3.8) is 0 Å². The number of carboxylic acid groups (broad SMARTS) is 1. The molecule has 10 heteroatoms. The molecular formula is C24H19ClF2N2O5. The number of amides is 2. The highest BCUT2D eigenvalue weighted by Gasteiger charge is 2.18. The third-order valence-electron chi connectivity index (χ3n) is 4.64. The van der Waals surface area contributed by atoms with Gasteiger partial charge in [0.1, 0.15) is 24.8 Å². The molecule has 0 saturated carbocycles. The molecule has 0 radical (unpaired) electrons. The maximum absolute atomic E-state index is 13.3. The minimum Gasteiger partial charge on any atom is -0.478 e. The number of aromatic carboxylic acids is 1. The molecule has 0 bridgehead atoms. The lowest BCUT2D eigenvalue weighted by Gasteiger charge is -2.23. The fourth-order valence-electron chi connectivity index (χ4n) is 3.01. The molecule has 2 amide bonds. The van der Waals surface area contributed by atoms with E-state index in [0.717, 1.165) is 0 Å². The summed E-state index contributed by atoms with van der Waals surface area (Å²) < 4.78 is 31.8. The highest BCUT2D eigenvalue weighted by molar-refractivity contribution is 6.31. The van der Waals surface area contributed by atoms with Crippen LogP contribution in [-0.2, 0) is 20.9 Å². The Morgan fingerprint density at radius 2 is 1.53 bits per heavy atom. The molecule has 0 saturated heterocycles. The molecule has 3 aromatic carbocycles. The van der Waals surface area contributed by atoms with Crippen molar-refractivity contribution in [1.29, 1.82) is 0 Å². The van der Waals surface area contributed by atoms with E-state index in [1.807, 2.05) is 0 Å². The second-order valence-corrected chi connectivity index (χ2v) is 7.56. The van der Waals surface area contributed by atoms with Crippen molar-refractivity contribution >= 4 is 40.8 Å². The van der Waals surface area contributed by atoms with E-state index in [0.29, 0.717) is 11.3 Å². The highest BCUT2D eigenvalue weighted by atomic mass is 35.5. The minimum absolute atomic E-state index is 0.0288. The first-order valence-corrected chi connectivity index (χ1v) is 10.3. The summed E-state index contributed by atoms with van der Waals surface area (Å²) in [5, 5.41) is 11.8. The summed E-state index contributed by atoms with van der Waals surface area (Å²) in [6.07, 6.45) is 0. The Kier molecular flexibility index (Phi) is 8.29. The summed E-state index contributed by atoms with van der Waals surface area (Å²) in [7, 11) is 0. The van der Waals surface area contributed by atoms with Crippen LogP contribution in [0.1, 0.15) is 15.9 Å². The van der Waals surface area contributed by atoms with Gasteiger partial charge in [0.2, 0.25) is 5.91 Å². The van der Waals surface area contributed by atoms with Gasteiger partial charge in [0.25, 0.3) is 5.91 Å². The first-order chi connectivity index (χ1) is 16.2. The molecule has 7 nitrogen and oxygen atoms in total. The number of nitrogens with one attached hydrogen (secondary N) is 1. The SMILES string of the molecule is O=C(COCC(=O)N(Cc1ccc(F)cc1)c1ccc(F)cc1)Nc1ccc(Cl)cc1C(=O)O. The molecular weight excluding hydrogens is 470 g/mol. The number of carbonyl (C=O) groups excluding carboxylic acids is 2. The van der Waals surface area contributed by atoms with E-state index in [9.17, 15) is 28.3 Å². The smallest absolute Gasteiger partial charge is 0.337 e. The van der Waals surface area contributed by atoms with E-state index in [-0.39, 0.29) is 22.8 Å². The maximum atomic E-state index is 13.3. The molecule has 0 spiro atoms. The Balaban J connectivity index is 1.64. The van der Waals surface area contributed by atoms with Crippen molar-refractivity contribution in [3.8, 4) is 0 Å². The van der Waals surface area contributed by atoms with Gasteiger partial charge in [-0.05, 0) is 60.2 Å². The van der Waals surface area contributed by atoms with Gasteiger partial charge in [-0.15, -0.1) is 0 Å². The first kappa shape index (κ1) is 24.8. The Morgan fingerprint density at radius 1 is 0.912 bits per heavy atom. The molecule has 2 N–H and O–H groups in total. The Labute approximate surface area is 198 Å². The summed E-state index contributed by atoms with van der Waals surface area (Å²) in [4.78, 5) is 37.7. The van der Waals surface area contributed by atoms with Crippen molar-refractivity contribution in [2.75, 3.05) is 23.4 Å². The molecule has 0 aliphatic heterocycles. The van der Waals surface area contributed by atoms with Gasteiger partial charge >= 0.3 is 5.97 Å². The van der Waals surface area contributed by atoms with Crippen LogP contribution in [-0.4, -0.2) is 36.1 Å². The van der Waals surface area contributed by atoms with Crippen LogP contribution in [0.3, 0.4) is 0 Å². The van der Waals surface area contributed by atoms with Crippen LogP contribution >= 0.6 is 11.6 Å². The van der Waals surface area contributed by atoms with Crippen molar-refractivity contribution in [2.24, 2.45) is 0 Å². The van der Waals surface area contributed by atoms with Gasteiger partial charge in [-0.2, -0.15) is 0 Å². The Hall–Kier alpha value is -3.82. The third kappa shape index (κ3) is 6.84. The molecule has 34 heavy (non-hydrogen) atoms. The highest BCUT2D eigenvalue weighted by Crippen LogP contribution is 2.21. The van der Waals surface area contributed by atoms with Crippen LogP contribution in [0.5, 0.6) is 0 Å². The third-order valence-corrected chi connectivity index (χ3v) is 4.87. The number of carbonyl (C=O) groups is 3. The van der Waals surface area contributed by atoms with Gasteiger partial charge in [-0.3, -0.25) is 9.59 Å². The zero-order valence-corrected chi connectivity index (χ0v) is 18.4. The lowest BCUT2D eigenvalue weighted by molar-refractivity contribution is -0.127. The molecule has 0 unspecified atom stereocenters. The number of anilines is 2. The van der Waals surface area contributed by atoms with E-state index >= 15 is 0 Å². The van der Waals surface area contributed by atoms with Crippen LogP contribution in [0.4, 0.5) is 20.2 Å². The average Bonchev–Trinajstić information content (AvgIpc) is 2.80. The number of nitrogens with zero attached hydrogens (tertiary/aromatic N) is 1. The predicted octanol–water partition coefficient (Wildman–Crippen LogP) is 4.50. The van der Waals surface area contributed by atoms with Crippen molar-refractivity contribution in [1.82, 2.24) is 0 Å². The van der Waals surface area contributed by atoms with Crippen molar-refractivity contribution in [2.45, 2.75) is 6.54 Å². The second kappa shape index (κ2) is 11.4. The van der Waals surface area contributed by atoms with Gasteiger partial charge in [-0.25, -0.2) is 13.6 Å². The zero-order chi connectivity index (χ0) is 24.7. The largest absolute Gasteiger partial charge is 0.478 e. The fraction of sp³-hybridized carbons (Fsp3) is 0.125. The van der Waals surface area contributed by atoms with Crippen LogP contribution in [0.25, 0.3) is 0 Å². The fourth-order valence-corrected chi connectivity index (χ4v) is 3.19. The van der Waals surface area contributed by atoms with Gasteiger partial charge in [-0.1, -0.05) is 23.7 Å². The molecule has 0 aliphatic rings. The van der Waals surface area contributed by atoms with Gasteiger partial charge < -0.3 is 20.1 Å². The van der Waals surface area contributed by atoms with Crippen molar-refractivity contribution < 1.29 is 33.0 Å². The number of rotatable bonds is 9. The second-order valence-electron chi connectivity index (χ2n) is 7.12. The lowest BCUT2D eigenvalue weighted by atomic mass is 10.2. The Morgan fingerprint density at radius 3 is 2.15 bits per heavy atom. The molecule has 3 rings (SSSR count). The standard InChI is InChI=1S/C24H19ClF2N2O5/c25-16-3-10-21(20(11-16)24(32)33)28-22(30)13-34-14-23(31)29(19-8-6-18(27)7-9-19)12-15-1-4-17(26)5-2-15/h1-11H,12-14H2,(H,28,30)(H,32,33). The number of ether oxygens (including phenoxy) is 1. The van der Waals surface area contributed by atoms with Crippen LogP contribution in [0, 0.1) is 11.6 Å². The van der Waals surface area contributed by atoms with Gasteiger partial charge in [0.05, 0.1) is 17.8 Å². The summed E-state index contributed by atoms with van der Waals surface area (Å²) in [6.45, 7) is -0.952. The summed E-state index contributed by atoms with van der Waals surface area (Å²) >= 11 is 5.79. The first-order valence-electron chi connectivity index (χ1n) is 9.94. The topological polar surface area (TPSA) is 95.9 Å². The van der Waals surface area contributed by atoms with Crippen LogP contribution < -0.4 is 10.2 Å². The lowest BCUT2D eigenvalue weighted by Crippen LogP contribution is -2.34. The van der Waals surface area contributed by atoms with E-state index in [2.05, 4.69) is 5.32 Å². The van der Waals surface area contributed by atoms with Gasteiger partial charge in [0.15, 0.2) is 0 Å². The maximum Gasteiger partial charge on any atom is 0.337 e. The zero-order valence-electron chi connectivity index (χ0n) is 17.6. The molecule has 0 fully saturated rings. The number of benzene rings is 3. The molecule has 0 aromatic heterocycles. The molecule has 0 heterocycles. The quantitative estimate of drug-likeness (QED) is 0.462. The normalized spacial score (nSPS) is 10.6. The van der Waals surface area contributed by atoms with E-state index in [1.54, 1.807) is 0 Å². The average molecular weight is 489 g/mol. The van der Waals surface area contributed by atoms with E-state index in [1.165, 1.54) is 71.6 Å².